The summed E-state index contributed by atoms with van der Waals surface area (Å²) in [4.78, 5) is 31.2. The number of nitrogens with zero attached hydrogens (tertiary/aromatic N) is 4. The molecule has 0 unspecified atom stereocenters. The van der Waals surface area contributed by atoms with Crippen LogP contribution >= 0.6 is 0 Å². The van der Waals surface area contributed by atoms with Crippen molar-refractivity contribution in [1.82, 2.24) is 25.0 Å². The normalized spacial score (nSPS) is 15.8. The van der Waals surface area contributed by atoms with E-state index in [1.165, 1.54) is 0 Å². The second kappa shape index (κ2) is 6.82. The molecule has 0 radical (unpaired) electrons. The van der Waals surface area contributed by atoms with Crippen molar-refractivity contribution in [2.45, 2.75) is 39.7 Å². The number of rotatable bonds is 3. The molecule has 2 amide bonds. The van der Waals surface area contributed by atoms with Crippen molar-refractivity contribution in [2.75, 3.05) is 20.1 Å². The van der Waals surface area contributed by atoms with E-state index in [9.17, 15) is 9.59 Å². The minimum Gasteiger partial charge on any atom is -0.359 e. The van der Waals surface area contributed by atoms with Crippen LogP contribution in [0.2, 0.25) is 0 Å². The molecule has 2 aromatic heterocycles. The molecule has 25 heavy (non-hydrogen) atoms. The van der Waals surface area contributed by atoms with Gasteiger partial charge in [0.25, 0.3) is 5.91 Å². The Morgan fingerprint density at radius 2 is 1.96 bits per heavy atom. The summed E-state index contributed by atoms with van der Waals surface area (Å²) in [5, 5.41) is 7.88. The predicted molar refractivity (Wildman–Crippen MR) is 95.3 cm³/mol. The van der Waals surface area contributed by atoms with Crippen molar-refractivity contribution in [3.63, 3.8) is 0 Å². The summed E-state index contributed by atoms with van der Waals surface area (Å²) in [5.41, 5.74) is 2.20. The van der Waals surface area contributed by atoms with Crippen LogP contribution < -0.4 is 5.32 Å². The van der Waals surface area contributed by atoms with Crippen LogP contribution in [0, 0.1) is 12.8 Å². The first-order valence-corrected chi connectivity index (χ1v) is 8.78. The van der Waals surface area contributed by atoms with E-state index < -0.39 is 0 Å². The van der Waals surface area contributed by atoms with Crippen LogP contribution in [-0.2, 0) is 4.79 Å². The molecule has 0 spiro atoms. The van der Waals surface area contributed by atoms with Gasteiger partial charge in [0, 0.05) is 37.8 Å². The van der Waals surface area contributed by atoms with Gasteiger partial charge in [-0.15, -0.1) is 0 Å². The van der Waals surface area contributed by atoms with Crippen LogP contribution in [0.25, 0.3) is 11.0 Å². The molecular formula is C18H25N5O2. The number of pyridine rings is 1. The number of hydrogen-bond donors (Lipinski definition) is 1. The summed E-state index contributed by atoms with van der Waals surface area (Å²) >= 11 is 0. The zero-order valence-corrected chi connectivity index (χ0v) is 15.2. The van der Waals surface area contributed by atoms with Gasteiger partial charge in [0.15, 0.2) is 5.65 Å². The first-order chi connectivity index (χ1) is 11.9. The molecule has 7 heteroatoms. The van der Waals surface area contributed by atoms with Gasteiger partial charge >= 0.3 is 0 Å². The number of nitrogens with one attached hydrogen (secondary N) is 1. The molecule has 7 nitrogen and oxygen atoms in total. The topological polar surface area (TPSA) is 80.1 Å². The Labute approximate surface area is 147 Å². The van der Waals surface area contributed by atoms with Crippen LogP contribution in [-0.4, -0.2) is 51.6 Å². The molecule has 1 N–H and O–H groups in total. The Hall–Kier alpha value is -2.44. The van der Waals surface area contributed by atoms with Crippen molar-refractivity contribution in [3.05, 3.63) is 23.5 Å². The van der Waals surface area contributed by atoms with Crippen LogP contribution in [0.3, 0.4) is 0 Å². The largest absolute Gasteiger partial charge is 0.359 e. The molecule has 0 atom stereocenters. The Morgan fingerprint density at radius 3 is 2.56 bits per heavy atom. The summed E-state index contributed by atoms with van der Waals surface area (Å²) in [7, 11) is 1.66. The van der Waals surface area contributed by atoms with Crippen molar-refractivity contribution in [3.8, 4) is 0 Å². The number of carbonyl (C=O) groups is 2. The molecule has 1 aliphatic heterocycles. The predicted octanol–water partition coefficient (Wildman–Crippen LogP) is 1.92. The standard InChI is InChI=1S/C18H25N5O2/c1-11(2)23-16-15(10-20-23)14(9-12(3)21-16)18(25)22-7-5-13(6-8-22)17(24)19-4/h9-11,13H,5-8H2,1-4H3,(H,19,24). The number of fused-ring (bicyclic) bond motifs is 1. The van der Waals surface area contributed by atoms with Crippen molar-refractivity contribution in [1.29, 1.82) is 0 Å². The van der Waals surface area contributed by atoms with Crippen molar-refractivity contribution >= 4 is 22.8 Å². The van der Waals surface area contributed by atoms with Crippen molar-refractivity contribution < 1.29 is 9.59 Å². The molecule has 1 aliphatic rings. The highest BCUT2D eigenvalue weighted by atomic mass is 16.2. The van der Waals surface area contributed by atoms with Gasteiger partial charge in [-0.25, -0.2) is 9.67 Å². The van der Waals surface area contributed by atoms with Crippen LogP contribution in [0.5, 0.6) is 0 Å². The lowest BCUT2D eigenvalue weighted by Gasteiger charge is -2.31. The molecule has 0 saturated carbocycles. The molecule has 1 fully saturated rings. The quantitative estimate of drug-likeness (QED) is 0.923. The Kier molecular flexibility index (Phi) is 4.74. The lowest BCUT2D eigenvalue weighted by molar-refractivity contribution is -0.125. The van der Waals surface area contributed by atoms with Crippen LogP contribution in [0.4, 0.5) is 0 Å². The minimum atomic E-state index is -0.00540. The van der Waals surface area contributed by atoms with E-state index in [2.05, 4.69) is 15.4 Å². The maximum absolute atomic E-state index is 13.1. The number of carbonyl (C=O) groups excluding carboxylic acids is 2. The lowest BCUT2D eigenvalue weighted by Crippen LogP contribution is -2.42. The summed E-state index contributed by atoms with van der Waals surface area (Å²) in [6.45, 7) is 7.17. The van der Waals surface area contributed by atoms with E-state index in [4.69, 9.17) is 0 Å². The van der Waals surface area contributed by atoms with E-state index in [1.54, 1.807) is 13.2 Å². The molecule has 1 saturated heterocycles. The van der Waals surface area contributed by atoms with Gasteiger partial charge in [-0.1, -0.05) is 0 Å². The van der Waals surface area contributed by atoms with Gasteiger partial charge in [-0.05, 0) is 39.7 Å². The van der Waals surface area contributed by atoms with Crippen molar-refractivity contribution in [2.24, 2.45) is 5.92 Å². The number of aromatic nitrogens is 3. The van der Waals surface area contributed by atoms with Gasteiger partial charge in [-0.3, -0.25) is 9.59 Å². The fourth-order valence-electron chi connectivity index (χ4n) is 3.42. The lowest BCUT2D eigenvalue weighted by atomic mass is 9.95. The summed E-state index contributed by atoms with van der Waals surface area (Å²) in [5.74, 6) is 0.0542. The fourth-order valence-corrected chi connectivity index (χ4v) is 3.42. The third kappa shape index (κ3) is 3.23. The average Bonchev–Trinajstić information content (AvgIpc) is 3.03. The molecule has 3 rings (SSSR count). The van der Waals surface area contributed by atoms with Crippen LogP contribution in [0.15, 0.2) is 12.3 Å². The monoisotopic (exact) mass is 343 g/mol. The van der Waals surface area contributed by atoms with E-state index in [0.717, 1.165) is 16.7 Å². The second-order valence-electron chi connectivity index (χ2n) is 6.91. The van der Waals surface area contributed by atoms with Gasteiger partial charge in [-0.2, -0.15) is 5.10 Å². The fraction of sp³-hybridized carbons (Fsp3) is 0.556. The zero-order valence-electron chi connectivity index (χ0n) is 15.2. The Bertz CT molecular complexity index is 803. The third-order valence-corrected chi connectivity index (χ3v) is 4.81. The molecule has 2 aromatic rings. The molecular weight excluding hydrogens is 318 g/mol. The molecule has 0 bridgehead atoms. The van der Waals surface area contributed by atoms with Gasteiger partial charge in [0.2, 0.25) is 5.91 Å². The third-order valence-electron chi connectivity index (χ3n) is 4.81. The minimum absolute atomic E-state index is 0.00284. The molecule has 3 heterocycles. The Morgan fingerprint density at radius 1 is 1.28 bits per heavy atom. The summed E-state index contributed by atoms with van der Waals surface area (Å²) in [6, 6.07) is 2.01. The maximum Gasteiger partial charge on any atom is 0.254 e. The SMILES string of the molecule is CNC(=O)C1CCN(C(=O)c2cc(C)nc3c2cnn3C(C)C)CC1. The average molecular weight is 343 g/mol. The van der Waals surface area contributed by atoms with Gasteiger partial charge < -0.3 is 10.2 Å². The van der Waals surface area contributed by atoms with Crippen LogP contribution in [0.1, 0.15) is 48.8 Å². The highest BCUT2D eigenvalue weighted by Crippen LogP contribution is 2.25. The van der Waals surface area contributed by atoms with E-state index >= 15 is 0 Å². The first-order valence-electron chi connectivity index (χ1n) is 8.78. The number of hydrogen-bond acceptors (Lipinski definition) is 4. The van der Waals surface area contributed by atoms with Gasteiger partial charge in [0.1, 0.15) is 0 Å². The maximum atomic E-state index is 13.1. The molecule has 0 aromatic carbocycles. The zero-order chi connectivity index (χ0) is 18.1. The highest BCUT2D eigenvalue weighted by molar-refractivity contribution is 6.05. The molecule has 0 aliphatic carbocycles. The highest BCUT2D eigenvalue weighted by Gasteiger charge is 2.28. The van der Waals surface area contributed by atoms with E-state index in [1.807, 2.05) is 36.4 Å². The number of aryl methyl sites for hydroxylation is 1. The summed E-state index contributed by atoms with van der Waals surface area (Å²) in [6.07, 6.45) is 3.13. The summed E-state index contributed by atoms with van der Waals surface area (Å²) < 4.78 is 1.84. The smallest absolute Gasteiger partial charge is 0.254 e. The Balaban J connectivity index is 1.87. The number of piperidine rings is 1. The number of amides is 2. The van der Waals surface area contributed by atoms with E-state index in [0.29, 0.717) is 31.5 Å². The second-order valence-corrected chi connectivity index (χ2v) is 6.91. The number of likely N-dealkylation sites (tertiary alicyclic amines) is 1. The first kappa shape index (κ1) is 17.4. The van der Waals surface area contributed by atoms with E-state index in [-0.39, 0.29) is 23.8 Å². The molecule has 134 valence electrons. The van der Waals surface area contributed by atoms with Gasteiger partial charge in [0.05, 0.1) is 17.1 Å².